The summed E-state index contributed by atoms with van der Waals surface area (Å²) in [6.45, 7) is 0. The van der Waals surface area contributed by atoms with Crippen molar-refractivity contribution in [1.82, 2.24) is 9.13 Å². The average Bonchev–Trinajstić information content (AvgIpc) is 3.97. The zero-order valence-corrected chi connectivity index (χ0v) is 31.6. The van der Waals surface area contributed by atoms with Crippen LogP contribution in [0, 0.1) is 0 Å². The van der Waals surface area contributed by atoms with Crippen LogP contribution < -0.4 is 5.32 Å². The van der Waals surface area contributed by atoms with Gasteiger partial charge in [-0.05, 0) is 97.9 Å². The Hall–Kier alpha value is -7.01. The molecule has 0 spiro atoms. The number of nitrogens with one attached hydrogen (secondary N) is 1. The molecule has 2 aromatic heterocycles. The second-order valence-electron chi connectivity index (χ2n) is 15.3. The molecule has 0 radical (unpaired) electrons. The number of benzene rings is 10. The van der Waals surface area contributed by atoms with Crippen molar-refractivity contribution in [3.8, 4) is 11.4 Å². The van der Waals surface area contributed by atoms with E-state index in [9.17, 15) is 0 Å². The average molecular weight is 744 g/mol. The van der Waals surface area contributed by atoms with Crippen LogP contribution in [0.2, 0.25) is 0 Å². The second-order valence-corrected chi connectivity index (χ2v) is 16.5. The Kier molecular flexibility index (Phi) is 6.44. The third kappa shape index (κ3) is 4.45. The van der Waals surface area contributed by atoms with Gasteiger partial charge in [-0.25, -0.2) is 0 Å². The summed E-state index contributed by atoms with van der Waals surface area (Å²) in [5, 5.41) is 19.3. The number of para-hydroxylation sites is 1. The van der Waals surface area contributed by atoms with Crippen molar-refractivity contribution >= 4 is 104 Å². The number of anilines is 1. The molecule has 0 amide bonds. The number of nitrogens with zero attached hydrogens (tertiary/aromatic N) is 2. The van der Waals surface area contributed by atoms with Crippen LogP contribution in [-0.2, 0) is 0 Å². The van der Waals surface area contributed by atoms with Gasteiger partial charge in [0.1, 0.15) is 5.37 Å². The van der Waals surface area contributed by atoms with E-state index in [0.29, 0.717) is 0 Å². The normalized spacial score (nSPS) is 14.2. The van der Waals surface area contributed by atoms with Crippen LogP contribution in [-0.4, -0.2) is 9.13 Å². The van der Waals surface area contributed by atoms with Crippen LogP contribution >= 0.6 is 11.8 Å². The number of fused-ring (bicyclic) bond motifs is 15. The molecule has 0 saturated carbocycles. The minimum atomic E-state index is 0.199. The predicted octanol–water partition coefficient (Wildman–Crippen LogP) is 14.7. The standard InChI is InChI=1S/C53H33N3S/c1-2-12-35(13-3-1)53-54-52-48(57-53)29-22-34-18-19-36-30-37(23-25-41(36)49(34)52)55-44-17-9-8-16-42(44)43-31-38(24-28-45(43)55)56-46-26-20-32-10-4-6-14-39(32)50(46)51-40-15-7-5-11-33(40)21-27-47(51)56/h1-31,53-54H. The third-order valence-corrected chi connectivity index (χ3v) is 13.5. The van der Waals surface area contributed by atoms with Gasteiger partial charge in [-0.2, -0.15) is 0 Å². The maximum absolute atomic E-state index is 3.89. The van der Waals surface area contributed by atoms with E-state index in [1.54, 1.807) is 0 Å². The zero-order valence-electron chi connectivity index (χ0n) is 30.8. The summed E-state index contributed by atoms with van der Waals surface area (Å²) in [6.07, 6.45) is 0. The van der Waals surface area contributed by atoms with E-state index < -0.39 is 0 Å². The highest BCUT2D eigenvalue weighted by atomic mass is 32.2. The largest absolute Gasteiger partial charge is 0.368 e. The molecule has 0 fully saturated rings. The van der Waals surface area contributed by atoms with Gasteiger partial charge in [0.15, 0.2) is 0 Å². The van der Waals surface area contributed by atoms with Crippen molar-refractivity contribution in [1.29, 1.82) is 0 Å². The van der Waals surface area contributed by atoms with Crippen LogP contribution in [0.1, 0.15) is 10.9 Å². The highest BCUT2D eigenvalue weighted by Crippen LogP contribution is 2.51. The van der Waals surface area contributed by atoms with Crippen LogP contribution in [0.25, 0.3) is 98.1 Å². The number of hydrogen-bond donors (Lipinski definition) is 1. The molecule has 1 atom stereocenters. The molecule has 0 aliphatic carbocycles. The first-order chi connectivity index (χ1) is 28.3. The molecule has 57 heavy (non-hydrogen) atoms. The molecule has 3 nitrogen and oxygen atoms in total. The van der Waals surface area contributed by atoms with Crippen LogP contribution in [0.4, 0.5) is 5.69 Å². The molecular weight excluding hydrogens is 711 g/mol. The molecule has 12 aromatic rings. The smallest absolute Gasteiger partial charge is 0.103 e. The Bertz CT molecular complexity index is 3560. The maximum atomic E-state index is 3.89. The SMILES string of the molecule is c1ccc(C2Nc3c(ccc4ccc5cc(-n6c7ccccc7c7cc(-n8c9ccc%10ccccc%10c9c9c%10ccccc%10ccc98)ccc76)ccc5c34)S2)cc1. The maximum Gasteiger partial charge on any atom is 0.103 e. The first-order valence-electron chi connectivity index (χ1n) is 19.6. The Labute approximate surface area is 332 Å². The van der Waals surface area contributed by atoms with E-state index in [4.69, 9.17) is 0 Å². The molecule has 1 aliphatic heterocycles. The lowest BCUT2D eigenvalue weighted by molar-refractivity contribution is 1.14. The molecule has 13 rings (SSSR count). The van der Waals surface area contributed by atoms with Crippen LogP contribution in [0.15, 0.2) is 193 Å². The fraction of sp³-hybridized carbons (Fsp3) is 0.0189. The molecule has 0 saturated heterocycles. The summed E-state index contributed by atoms with van der Waals surface area (Å²) < 4.78 is 4.92. The van der Waals surface area contributed by atoms with Gasteiger partial charge >= 0.3 is 0 Å². The van der Waals surface area contributed by atoms with Crippen molar-refractivity contribution in [3.05, 3.63) is 194 Å². The minimum Gasteiger partial charge on any atom is -0.368 e. The van der Waals surface area contributed by atoms with E-state index in [2.05, 4.69) is 203 Å². The van der Waals surface area contributed by atoms with E-state index in [0.717, 1.165) is 11.4 Å². The summed E-state index contributed by atoms with van der Waals surface area (Å²) in [7, 11) is 0. The molecule has 4 heteroatoms. The summed E-state index contributed by atoms with van der Waals surface area (Å²) in [5.74, 6) is 0. The van der Waals surface area contributed by atoms with Gasteiger partial charge in [-0.3, -0.25) is 0 Å². The molecular formula is C53H33N3S. The Morgan fingerprint density at radius 3 is 1.68 bits per heavy atom. The summed E-state index contributed by atoms with van der Waals surface area (Å²) in [5.41, 5.74) is 9.69. The van der Waals surface area contributed by atoms with E-state index in [-0.39, 0.29) is 5.37 Å². The lowest BCUT2D eigenvalue weighted by Crippen LogP contribution is -2.01. The number of thioether (sulfide) groups is 1. The number of rotatable bonds is 3. The third-order valence-electron chi connectivity index (χ3n) is 12.3. The molecule has 1 aliphatic rings. The first-order valence-corrected chi connectivity index (χ1v) is 20.5. The van der Waals surface area contributed by atoms with Gasteiger partial charge in [0.25, 0.3) is 0 Å². The Morgan fingerprint density at radius 1 is 0.368 bits per heavy atom. The van der Waals surface area contributed by atoms with Crippen molar-refractivity contribution < 1.29 is 0 Å². The van der Waals surface area contributed by atoms with E-state index in [1.165, 1.54) is 103 Å². The molecule has 0 bridgehead atoms. The highest BCUT2D eigenvalue weighted by molar-refractivity contribution is 8.00. The quantitative estimate of drug-likeness (QED) is 0.182. The second kappa shape index (κ2) is 11.8. The minimum absolute atomic E-state index is 0.199. The van der Waals surface area contributed by atoms with Gasteiger partial charge in [0, 0.05) is 43.2 Å². The zero-order chi connectivity index (χ0) is 37.2. The monoisotopic (exact) mass is 743 g/mol. The number of aromatic nitrogens is 2. The Balaban J connectivity index is 1.01. The molecule has 1 N–H and O–H groups in total. The van der Waals surface area contributed by atoms with Gasteiger partial charge in [-0.15, -0.1) is 0 Å². The molecule has 266 valence electrons. The molecule has 3 heterocycles. The van der Waals surface area contributed by atoms with Gasteiger partial charge in [0.05, 0.1) is 27.8 Å². The summed E-state index contributed by atoms with van der Waals surface area (Å²) in [4.78, 5) is 1.30. The Morgan fingerprint density at radius 2 is 0.912 bits per heavy atom. The fourth-order valence-electron chi connectivity index (χ4n) is 9.78. The summed E-state index contributed by atoms with van der Waals surface area (Å²) in [6, 6.07) is 69.5. The topological polar surface area (TPSA) is 21.9 Å². The van der Waals surface area contributed by atoms with Crippen molar-refractivity contribution in [2.75, 3.05) is 5.32 Å². The van der Waals surface area contributed by atoms with Crippen molar-refractivity contribution in [2.45, 2.75) is 10.3 Å². The highest BCUT2D eigenvalue weighted by Gasteiger charge is 2.26. The number of hydrogen-bond acceptors (Lipinski definition) is 2. The molecule has 10 aromatic carbocycles. The lowest BCUT2D eigenvalue weighted by atomic mass is 9.99. The summed E-state index contributed by atoms with van der Waals surface area (Å²) >= 11 is 1.90. The first kappa shape index (κ1) is 31.2. The van der Waals surface area contributed by atoms with Crippen LogP contribution in [0.3, 0.4) is 0 Å². The van der Waals surface area contributed by atoms with Crippen molar-refractivity contribution in [2.24, 2.45) is 0 Å². The van der Waals surface area contributed by atoms with E-state index >= 15 is 0 Å². The van der Waals surface area contributed by atoms with Gasteiger partial charge in [0.2, 0.25) is 0 Å². The van der Waals surface area contributed by atoms with Gasteiger partial charge < -0.3 is 14.5 Å². The molecule has 1 unspecified atom stereocenters. The fourth-order valence-corrected chi connectivity index (χ4v) is 10.9. The lowest BCUT2D eigenvalue weighted by Gasteiger charge is -2.14. The predicted molar refractivity (Wildman–Crippen MR) is 244 cm³/mol. The van der Waals surface area contributed by atoms with Gasteiger partial charge in [-0.1, -0.05) is 145 Å². The van der Waals surface area contributed by atoms with Crippen LogP contribution in [0.5, 0.6) is 0 Å². The van der Waals surface area contributed by atoms with Crippen molar-refractivity contribution in [3.63, 3.8) is 0 Å². The van der Waals surface area contributed by atoms with E-state index in [1.807, 2.05) is 11.8 Å².